The molecule has 0 nitrogen and oxygen atoms in total. The van der Waals surface area contributed by atoms with E-state index in [-0.39, 0.29) is 35.9 Å². The molecule has 16 heavy (non-hydrogen) atoms. The van der Waals surface area contributed by atoms with Gasteiger partial charge in [0.1, 0.15) is 0 Å². The van der Waals surface area contributed by atoms with Gasteiger partial charge in [-0.2, -0.15) is 0 Å². The van der Waals surface area contributed by atoms with Gasteiger partial charge < -0.3 is 13.2 Å². The van der Waals surface area contributed by atoms with Gasteiger partial charge >= 0.3 is 35.9 Å². The zero-order chi connectivity index (χ0) is 11.1. The first-order valence-electron chi connectivity index (χ1n) is 5.90. The van der Waals surface area contributed by atoms with Gasteiger partial charge in [0.05, 0.1) is 0 Å². The van der Waals surface area contributed by atoms with Crippen molar-refractivity contribution in [3.63, 3.8) is 0 Å². The molecule has 0 aromatic rings. The first-order chi connectivity index (χ1) is 6.83. The van der Waals surface area contributed by atoms with E-state index >= 15 is 0 Å². The Labute approximate surface area is 126 Å². The summed E-state index contributed by atoms with van der Waals surface area (Å²) in [4.78, 5) is 0. The minimum absolute atomic E-state index is 0. The summed E-state index contributed by atoms with van der Waals surface area (Å²) in [5.41, 5.74) is 0. The van der Waals surface area contributed by atoms with Gasteiger partial charge in [0, 0.05) is 0 Å². The third kappa shape index (κ3) is 36.5. The van der Waals surface area contributed by atoms with Gasteiger partial charge in [-0.1, -0.05) is 65.2 Å². The molecule has 0 saturated carbocycles. The Bertz CT molecular complexity index is 99.3. The first kappa shape index (κ1) is 25.4. The minimum atomic E-state index is 0. The summed E-state index contributed by atoms with van der Waals surface area (Å²) in [6, 6.07) is 0. The molecule has 0 N–H and O–H groups in total. The average molecular weight is 265 g/mol. The molecule has 0 aliphatic carbocycles. The van der Waals surface area contributed by atoms with Gasteiger partial charge in [0.15, 0.2) is 0 Å². The molecule has 0 aliphatic heterocycles. The number of allylic oxidation sites excluding steroid dienone is 2. The maximum absolute atomic E-state index is 5.14. The summed E-state index contributed by atoms with van der Waals surface area (Å²) in [5.74, 6) is 0. The molecule has 0 aromatic carbocycles. The smallest absolute Gasteiger partial charge is 0.518 e. The van der Waals surface area contributed by atoms with Crippen molar-refractivity contribution in [2.75, 3.05) is 0 Å². The van der Waals surface area contributed by atoms with Gasteiger partial charge in [-0.25, -0.2) is 0 Å². The molecule has 2 heteroatoms. The maximum atomic E-state index is 5.14. The summed E-state index contributed by atoms with van der Waals surface area (Å²) in [6.07, 6.45) is 13.3. The third-order valence-electron chi connectivity index (χ3n) is 1.95. The summed E-state index contributed by atoms with van der Waals surface area (Å²) >= 11 is 0. The van der Waals surface area contributed by atoms with Gasteiger partial charge in [0.2, 0.25) is 0 Å². The van der Waals surface area contributed by atoms with E-state index in [4.69, 9.17) is 13.2 Å². The Balaban J connectivity index is -0.0000000800. The molecule has 0 aliphatic rings. The third-order valence-corrected chi connectivity index (χ3v) is 1.95. The summed E-state index contributed by atoms with van der Waals surface area (Å²) in [5, 5.41) is 0. The Morgan fingerprint density at radius 2 is 1.06 bits per heavy atom. The molecule has 0 atom stereocenters. The van der Waals surface area contributed by atoms with Crippen LogP contribution in [-0.4, -0.2) is 0 Å². The second kappa shape index (κ2) is 29.6. The zero-order valence-corrected chi connectivity index (χ0v) is 12.2. The van der Waals surface area contributed by atoms with Crippen LogP contribution in [0.2, 0.25) is 0 Å². The van der Waals surface area contributed by atoms with Crippen molar-refractivity contribution in [1.82, 2.24) is 0 Å². The monoisotopic (exact) mass is 264 g/mol. The molecule has 0 fully saturated rings. The van der Waals surface area contributed by atoms with E-state index in [0.717, 1.165) is 12.8 Å². The van der Waals surface area contributed by atoms with E-state index in [1.165, 1.54) is 38.5 Å². The fourth-order valence-electron chi connectivity index (χ4n) is 1.02. The predicted octanol–water partition coefficient (Wildman–Crippen LogP) is 2.11. The largest absolute Gasteiger partial charge is 1.00 e. The molecule has 0 amide bonds. The van der Waals surface area contributed by atoms with Crippen LogP contribution in [0.5, 0.6) is 0 Å². The molecule has 0 bridgehead atoms. The van der Waals surface area contributed by atoms with Crippen LogP contribution in [0.3, 0.4) is 0 Å². The maximum Gasteiger partial charge on any atom is 1.00 e. The number of hydrogen-bond donors (Lipinski definition) is 0. The molecular weight excluding hydrogens is 239 g/mol. The van der Waals surface area contributed by atoms with E-state index in [9.17, 15) is 0 Å². The van der Waals surface area contributed by atoms with E-state index in [2.05, 4.69) is 13.8 Å². The van der Waals surface area contributed by atoms with Crippen LogP contribution in [0.1, 0.15) is 65.2 Å². The Morgan fingerprint density at radius 3 is 1.25 bits per heavy atom. The Kier molecular flexibility index (Phi) is 47.1. The van der Waals surface area contributed by atoms with E-state index in [0.29, 0.717) is 0 Å². The quantitative estimate of drug-likeness (QED) is 0.358. The van der Waals surface area contributed by atoms with Crippen molar-refractivity contribution >= 4 is 0 Å². The second-order valence-corrected chi connectivity index (χ2v) is 3.46. The fraction of sp³-hybridized carbons (Fsp3) is 0.714. The number of rotatable bonds is 8. The molecule has 0 aromatic heterocycles. The van der Waals surface area contributed by atoms with Crippen LogP contribution in [0.15, 0.2) is 12.2 Å². The summed E-state index contributed by atoms with van der Waals surface area (Å²) in [6.45, 7) is 14.7. The van der Waals surface area contributed by atoms with Crippen molar-refractivity contribution in [3.8, 4) is 0 Å². The number of hydrogen-bond acceptors (Lipinski definition) is 0. The van der Waals surface area contributed by atoms with Crippen molar-refractivity contribution in [3.05, 3.63) is 25.3 Å². The Hall–Kier alpha value is 0.597. The zero-order valence-electron chi connectivity index (χ0n) is 11.3. The molecule has 94 valence electrons. The SMILES string of the molecule is [CH-]=CCCCCC.[CH-]=CCCCCC.[Cu+].[Li+]. The van der Waals surface area contributed by atoms with E-state index in [1.807, 2.05) is 0 Å². The Morgan fingerprint density at radius 1 is 0.750 bits per heavy atom. The van der Waals surface area contributed by atoms with Crippen LogP contribution in [0.4, 0.5) is 0 Å². The van der Waals surface area contributed by atoms with Crippen LogP contribution in [-0.2, 0) is 17.1 Å². The molecule has 0 unspecified atom stereocenters. The fourth-order valence-corrected chi connectivity index (χ4v) is 1.02. The van der Waals surface area contributed by atoms with Crippen LogP contribution in [0.25, 0.3) is 0 Å². The van der Waals surface area contributed by atoms with Crippen molar-refractivity contribution in [1.29, 1.82) is 0 Å². The van der Waals surface area contributed by atoms with Crippen molar-refractivity contribution in [2.24, 2.45) is 0 Å². The summed E-state index contributed by atoms with van der Waals surface area (Å²) < 4.78 is 0. The van der Waals surface area contributed by atoms with Crippen molar-refractivity contribution < 1.29 is 35.9 Å². The van der Waals surface area contributed by atoms with Crippen LogP contribution < -0.4 is 18.9 Å². The van der Waals surface area contributed by atoms with E-state index in [1.54, 1.807) is 12.2 Å². The van der Waals surface area contributed by atoms with Crippen LogP contribution >= 0.6 is 0 Å². The normalized spacial score (nSPS) is 7.62. The molecule has 0 saturated heterocycles. The molecule has 0 radical (unpaired) electrons. The predicted molar refractivity (Wildman–Crippen MR) is 66.0 cm³/mol. The minimum Gasteiger partial charge on any atom is -0.518 e. The first-order valence-corrected chi connectivity index (χ1v) is 5.90. The van der Waals surface area contributed by atoms with E-state index < -0.39 is 0 Å². The average Bonchev–Trinajstić information content (AvgIpc) is 2.21. The second-order valence-electron chi connectivity index (χ2n) is 3.46. The summed E-state index contributed by atoms with van der Waals surface area (Å²) in [7, 11) is 0. The molecule has 0 heterocycles. The standard InChI is InChI=1S/2C7H13.Cu.Li/c2*1-3-5-7-6-4-2;;/h2*1,3H,4-7H2,2H3;;/q2*-1;2*+1. The van der Waals surface area contributed by atoms with Gasteiger partial charge in [-0.05, 0) is 0 Å². The van der Waals surface area contributed by atoms with Crippen LogP contribution in [0, 0.1) is 13.2 Å². The number of unbranched alkanes of at least 4 members (excludes halogenated alkanes) is 6. The van der Waals surface area contributed by atoms with Gasteiger partial charge in [-0.3, -0.25) is 12.2 Å². The van der Waals surface area contributed by atoms with Crippen molar-refractivity contribution in [2.45, 2.75) is 65.2 Å². The topological polar surface area (TPSA) is 0 Å². The van der Waals surface area contributed by atoms with Gasteiger partial charge in [0.25, 0.3) is 0 Å². The molecule has 0 rings (SSSR count). The molecule has 0 spiro atoms. The molecular formula is C14H26CuLi. The van der Waals surface area contributed by atoms with Gasteiger partial charge in [-0.15, -0.1) is 0 Å².